The number of anilines is 2. The van der Waals surface area contributed by atoms with Crippen LogP contribution in [0.2, 0.25) is 5.02 Å². The lowest BCUT2D eigenvalue weighted by atomic mass is 10.1. The Morgan fingerprint density at radius 1 is 1.03 bits per heavy atom. The van der Waals surface area contributed by atoms with Crippen molar-refractivity contribution >= 4 is 40.8 Å². The predicted octanol–water partition coefficient (Wildman–Crippen LogP) is 3.08. The van der Waals surface area contributed by atoms with Crippen molar-refractivity contribution in [3.8, 4) is 0 Å². The number of halogens is 2. The lowest BCUT2D eigenvalue weighted by Crippen LogP contribution is -2.49. The lowest BCUT2D eigenvalue weighted by molar-refractivity contribution is -0.138. The first kappa shape index (κ1) is 24.1. The molecule has 0 aromatic heterocycles. The van der Waals surface area contributed by atoms with Crippen molar-refractivity contribution in [3.05, 3.63) is 70.6 Å². The molecule has 1 N–H and O–H groups in total. The summed E-state index contributed by atoms with van der Waals surface area (Å²) < 4.78 is 23.3. The predicted molar refractivity (Wildman–Crippen MR) is 122 cm³/mol. The molecule has 174 valence electrons. The summed E-state index contributed by atoms with van der Waals surface area (Å²) in [5, 5.41) is 3.31. The van der Waals surface area contributed by atoms with Crippen molar-refractivity contribution in [2.24, 2.45) is 0 Å². The number of nitrogens with one attached hydrogen (secondary N) is 1. The SMILES string of the molecule is COC(=O)/C=C(/Nc1cc(Cl)ccc1N1CCN(C(=O)c2ccccc2F)CC1)C(=O)OC. The molecule has 1 heterocycles. The van der Waals surface area contributed by atoms with Crippen molar-refractivity contribution in [2.45, 2.75) is 0 Å². The zero-order chi connectivity index (χ0) is 24.0. The van der Waals surface area contributed by atoms with Crippen LogP contribution >= 0.6 is 11.6 Å². The normalized spacial score (nSPS) is 14.0. The fourth-order valence-corrected chi connectivity index (χ4v) is 3.59. The highest BCUT2D eigenvalue weighted by atomic mass is 35.5. The van der Waals surface area contributed by atoms with E-state index in [9.17, 15) is 18.8 Å². The van der Waals surface area contributed by atoms with Crippen LogP contribution in [0.25, 0.3) is 0 Å². The summed E-state index contributed by atoms with van der Waals surface area (Å²) in [5.74, 6) is -2.41. The van der Waals surface area contributed by atoms with Gasteiger partial charge in [0.15, 0.2) is 0 Å². The van der Waals surface area contributed by atoms with E-state index in [2.05, 4.69) is 10.1 Å². The number of methoxy groups -OCH3 is 2. The van der Waals surface area contributed by atoms with Gasteiger partial charge in [-0.2, -0.15) is 0 Å². The quantitative estimate of drug-likeness (QED) is 0.507. The summed E-state index contributed by atoms with van der Waals surface area (Å²) in [6.45, 7) is 1.67. The van der Waals surface area contributed by atoms with Gasteiger partial charge in [0.2, 0.25) is 0 Å². The number of piperazine rings is 1. The Bertz CT molecular complexity index is 1080. The first-order chi connectivity index (χ1) is 15.8. The van der Waals surface area contributed by atoms with E-state index in [4.69, 9.17) is 16.3 Å². The van der Waals surface area contributed by atoms with E-state index in [-0.39, 0.29) is 17.2 Å². The Hall–Kier alpha value is -3.59. The van der Waals surface area contributed by atoms with Gasteiger partial charge in [0.05, 0.1) is 37.2 Å². The molecule has 10 heteroatoms. The highest BCUT2D eigenvalue weighted by Gasteiger charge is 2.26. The maximum Gasteiger partial charge on any atom is 0.354 e. The Balaban J connectivity index is 1.79. The van der Waals surface area contributed by atoms with Gasteiger partial charge in [0, 0.05) is 31.2 Å². The van der Waals surface area contributed by atoms with E-state index >= 15 is 0 Å². The van der Waals surface area contributed by atoms with E-state index < -0.39 is 17.8 Å². The van der Waals surface area contributed by atoms with Crippen molar-refractivity contribution in [1.29, 1.82) is 0 Å². The van der Waals surface area contributed by atoms with Crippen molar-refractivity contribution < 1.29 is 28.2 Å². The molecule has 0 atom stereocenters. The van der Waals surface area contributed by atoms with Gasteiger partial charge < -0.3 is 24.6 Å². The molecule has 0 spiro atoms. The van der Waals surface area contributed by atoms with Crippen molar-refractivity contribution in [3.63, 3.8) is 0 Å². The number of nitrogens with zero attached hydrogens (tertiary/aromatic N) is 2. The molecule has 33 heavy (non-hydrogen) atoms. The average Bonchev–Trinajstić information content (AvgIpc) is 2.83. The van der Waals surface area contributed by atoms with Crippen LogP contribution in [0.5, 0.6) is 0 Å². The van der Waals surface area contributed by atoms with Gasteiger partial charge in [-0.1, -0.05) is 23.7 Å². The van der Waals surface area contributed by atoms with E-state index in [1.807, 2.05) is 4.90 Å². The molecule has 0 saturated carbocycles. The standard InChI is InChI=1S/C23H23ClFN3O5/c1-32-21(29)14-19(23(31)33-2)26-18-13-15(24)7-8-20(18)27-9-11-28(12-10-27)22(30)16-5-3-4-6-17(16)25/h3-8,13-14,26H,9-12H2,1-2H3/b19-14+. The summed E-state index contributed by atoms with van der Waals surface area (Å²) in [5.41, 5.74) is 1.09. The summed E-state index contributed by atoms with van der Waals surface area (Å²) in [7, 11) is 2.39. The first-order valence-electron chi connectivity index (χ1n) is 10.1. The molecule has 1 saturated heterocycles. The smallest absolute Gasteiger partial charge is 0.354 e. The Labute approximate surface area is 195 Å². The van der Waals surface area contributed by atoms with Crippen LogP contribution in [0.4, 0.5) is 15.8 Å². The van der Waals surface area contributed by atoms with E-state index in [1.165, 1.54) is 32.4 Å². The fraction of sp³-hybridized carbons (Fsp3) is 0.261. The zero-order valence-corrected chi connectivity index (χ0v) is 18.9. The molecule has 0 aliphatic carbocycles. The Morgan fingerprint density at radius 3 is 2.36 bits per heavy atom. The topological polar surface area (TPSA) is 88.2 Å². The maximum absolute atomic E-state index is 14.0. The highest BCUT2D eigenvalue weighted by molar-refractivity contribution is 6.31. The third-order valence-corrected chi connectivity index (χ3v) is 5.34. The van der Waals surface area contributed by atoms with Crippen molar-refractivity contribution in [2.75, 3.05) is 50.6 Å². The number of carbonyl (C=O) groups is 3. The maximum atomic E-state index is 14.0. The summed E-state index contributed by atoms with van der Waals surface area (Å²) in [4.78, 5) is 40.1. The van der Waals surface area contributed by atoms with E-state index in [0.717, 1.165) is 6.08 Å². The third-order valence-electron chi connectivity index (χ3n) is 5.11. The van der Waals surface area contributed by atoms with Crippen LogP contribution < -0.4 is 10.2 Å². The molecule has 0 radical (unpaired) electrons. The van der Waals surface area contributed by atoms with Gasteiger partial charge >= 0.3 is 11.9 Å². The number of hydrogen-bond donors (Lipinski definition) is 1. The van der Waals surface area contributed by atoms with Gasteiger partial charge in [0.1, 0.15) is 11.5 Å². The molecule has 1 amide bonds. The minimum atomic E-state index is -0.758. The summed E-state index contributed by atoms with van der Waals surface area (Å²) in [6.07, 6.45) is 0.988. The molecular formula is C23H23ClFN3O5. The molecule has 1 aliphatic rings. The molecule has 2 aromatic carbocycles. The van der Waals surface area contributed by atoms with Gasteiger partial charge in [-0.25, -0.2) is 14.0 Å². The Kier molecular flexibility index (Phi) is 7.89. The number of ether oxygens (including phenoxy) is 2. The van der Waals surface area contributed by atoms with Crippen LogP contribution in [0.1, 0.15) is 10.4 Å². The van der Waals surface area contributed by atoms with Gasteiger partial charge in [0.25, 0.3) is 5.91 Å². The number of esters is 2. The fourth-order valence-electron chi connectivity index (χ4n) is 3.42. The minimum absolute atomic E-state index is 0.0375. The molecule has 3 rings (SSSR count). The second-order valence-electron chi connectivity index (χ2n) is 7.12. The molecule has 8 nitrogen and oxygen atoms in total. The number of rotatable bonds is 6. The van der Waals surface area contributed by atoms with Crippen LogP contribution in [0.3, 0.4) is 0 Å². The largest absolute Gasteiger partial charge is 0.466 e. The van der Waals surface area contributed by atoms with Crippen LogP contribution in [0.15, 0.2) is 54.2 Å². The summed E-state index contributed by atoms with van der Waals surface area (Å²) in [6, 6.07) is 11.0. The minimum Gasteiger partial charge on any atom is -0.466 e. The first-order valence-corrected chi connectivity index (χ1v) is 10.4. The van der Waals surface area contributed by atoms with E-state index in [0.29, 0.717) is 42.6 Å². The van der Waals surface area contributed by atoms with Crippen LogP contribution in [0, 0.1) is 5.82 Å². The van der Waals surface area contributed by atoms with Gasteiger partial charge in [-0.15, -0.1) is 0 Å². The highest BCUT2D eigenvalue weighted by Crippen LogP contribution is 2.31. The molecule has 0 unspecified atom stereocenters. The van der Waals surface area contributed by atoms with Gasteiger partial charge in [-0.3, -0.25) is 4.79 Å². The molecule has 0 bridgehead atoms. The second kappa shape index (κ2) is 10.8. The third kappa shape index (κ3) is 5.81. The Morgan fingerprint density at radius 2 is 1.73 bits per heavy atom. The molecule has 1 aliphatic heterocycles. The van der Waals surface area contributed by atoms with Crippen LogP contribution in [-0.4, -0.2) is 63.1 Å². The average molecular weight is 476 g/mol. The molecule has 2 aromatic rings. The molecular weight excluding hydrogens is 453 g/mol. The number of benzene rings is 2. The van der Waals surface area contributed by atoms with Crippen LogP contribution in [-0.2, 0) is 19.1 Å². The van der Waals surface area contributed by atoms with Gasteiger partial charge in [-0.05, 0) is 30.3 Å². The number of carbonyl (C=O) groups excluding carboxylic acids is 3. The van der Waals surface area contributed by atoms with E-state index in [1.54, 1.807) is 29.2 Å². The molecule has 1 fully saturated rings. The monoisotopic (exact) mass is 475 g/mol. The number of hydrogen-bond acceptors (Lipinski definition) is 7. The lowest BCUT2D eigenvalue weighted by Gasteiger charge is -2.37. The summed E-state index contributed by atoms with van der Waals surface area (Å²) >= 11 is 6.16. The van der Waals surface area contributed by atoms with Crippen molar-refractivity contribution in [1.82, 2.24) is 4.90 Å². The zero-order valence-electron chi connectivity index (χ0n) is 18.1. The second-order valence-corrected chi connectivity index (χ2v) is 7.55. The number of amides is 1.